The van der Waals surface area contributed by atoms with Gasteiger partial charge in [0.2, 0.25) is 0 Å². The van der Waals surface area contributed by atoms with Crippen LogP contribution < -0.4 is 5.32 Å². The van der Waals surface area contributed by atoms with E-state index in [1.165, 1.54) is 7.11 Å². The van der Waals surface area contributed by atoms with E-state index in [9.17, 15) is 10.1 Å². The summed E-state index contributed by atoms with van der Waals surface area (Å²) >= 11 is 1.58. The minimum absolute atomic E-state index is 0.380. The van der Waals surface area contributed by atoms with Gasteiger partial charge in [-0.1, -0.05) is 18.2 Å². The van der Waals surface area contributed by atoms with Crippen LogP contribution in [0.15, 0.2) is 70.7 Å². The molecule has 0 saturated carbocycles. The van der Waals surface area contributed by atoms with Crippen LogP contribution in [0.5, 0.6) is 0 Å². The molecule has 0 aliphatic heterocycles. The molecule has 3 aromatic heterocycles. The standard InChI is InChI=1S/C23H17N3O3S/c1-28-23(27)16-8-6-15(7-9-16)14-25-22-18(13-24)17(20-4-2-10-29-20)12-19(26-22)21-5-3-11-30-21/h2-12H,14H2,1H3,(H,25,26). The van der Waals surface area contributed by atoms with Gasteiger partial charge in [-0.05, 0) is 47.3 Å². The molecule has 0 atom stereocenters. The average molecular weight is 415 g/mol. The van der Waals surface area contributed by atoms with Crippen LogP contribution in [0.4, 0.5) is 5.82 Å². The van der Waals surface area contributed by atoms with E-state index < -0.39 is 0 Å². The first-order valence-electron chi connectivity index (χ1n) is 9.13. The highest BCUT2D eigenvalue weighted by molar-refractivity contribution is 7.13. The third-order valence-corrected chi connectivity index (χ3v) is 5.42. The van der Waals surface area contributed by atoms with Crippen molar-refractivity contribution in [3.8, 4) is 28.0 Å². The van der Waals surface area contributed by atoms with Crippen molar-refractivity contribution in [2.24, 2.45) is 0 Å². The fraction of sp³-hybridized carbons (Fsp3) is 0.0870. The number of thiophene rings is 1. The van der Waals surface area contributed by atoms with Gasteiger partial charge in [-0.25, -0.2) is 9.78 Å². The number of benzene rings is 1. The molecule has 1 N–H and O–H groups in total. The normalized spacial score (nSPS) is 10.4. The van der Waals surface area contributed by atoms with Crippen molar-refractivity contribution >= 4 is 23.1 Å². The van der Waals surface area contributed by atoms with Gasteiger partial charge in [-0.3, -0.25) is 0 Å². The monoisotopic (exact) mass is 415 g/mol. The molecule has 148 valence electrons. The van der Waals surface area contributed by atoms with Crippen molar-refractivity contribution in [1.29, 1.82) is 5.26 Å². The summed E-state index contributed by atoms with van der Waals surface area (Å²) in [5, 5.41) is 15.1. The van der Waals surface area contributed by atoms with Gasteiger partial charge in [-0.2, -0.15) is 5.26 Å². The van der Waals surface area contributed by atoms with Crippen LogP contribution in [-0.2, 0) is 11.3 Å². The van der Waals surface area contributed by atoms with Crippen LogP contribution in [-0.4, -0.2) is 18.1 Å². The van der Waals surface area contributed by atoms with Gasteiger partial charge in [0.1, 0.15) is 23.2 Å². The Hall–Kier alpha value is -3.89. The molecule has 0 saturated heterocycles. The molecule has 0 unspecified atom stereocenters. The van der Waals surface area contributed by atoms with Crippen LogP contribution in [0.25, 0.3) is 21.9 Å². The zero-order valence-corrected chi connectivity index (χ0v) is 16.9. The molecule has 30 heavy (non-hydrogen) atoms. The second-order valence-corrected chi connectivity index (χ2v) is 7.33. The topological polar surface area (TPSA) is 88.2 Å². The first-order valence-corrected chi connectivity index (χ1v) is 10.0. The lowest BCUT2D eigenvalue weighted by molar-refractivity contribution is 0.0600. The van der Waals surface area contributed by atoms with Crippen LogP contribution in [0.2, 0.25) is 0 Å². The van der Waals surface area contributed by atoms with Crippen molar-refractivity contribution in [2.45, 2.75) is 6.54 Å². The van der Waals surface area contributed by atoms with Crippen molar-refractivity contribution in [1.82, 2.24) is 4.98 Å². The minimum Gasteiger partial charge on any atom is -0.465 e. The largest absolute Gasteiger partial charge is 0.465 e. The summed E-state index contributed by atoms with van der Waals surface area (Å²) in [6, 6.07) is 18.8. The zero-order valence-electron chi connectivity index (χ0n) is 16.1. The Kier molecular flexibility index (Phi) is 5.59. The Morgan fingerprint density at radius 1 is 1.23 bits per heavy atom. The SMILES string of the molecule is COC(=O)c1ccc(CNc2nc(-c3cccs3)cc(-c3ccco3)c2C#N)cc1. The fourth-order valence-electron chi connectivity index (χ4n) is 3.03. The van der Waals surface area contributed by atoms with Crippen molar-refractivity contribution in [2.75, 3.05) is 12.4 Å². The lowest BCUT2D eigenvalue weighted by atomic mass is 10.1. The fourth-order valence-corrected chi connectivity index (χ4v) is 3.71. The first-order chi connectivity index (χ1) is 14.7. The van der Waals surface area contributed by atoms with Gasteiger partial charge >= 0.3 is 5.97 Å². The van der Waals surface area contributed by atoms with Crippen molar-refractivity contribution in [3.05, 3.63) is 82.9 Å². The Labute approximate surface area is 177 Å². The molecule has 0 spiro atoms. The Bertz CT molecular complexity index is 1190. The summed E-state index contributed by atoms with van der Waals surface area (Å²) in [6.07, 6.45) is 1.58. The molecule has 0 bridgehead atoms. The number of esters is 1. The number of aromatic nitrogens is 1. The lowest BCUT2D eigenvalue weighted by Gasteiger charge is -2.12. The number of methoxy groups -OCH3 is 1. The summed E-state index contributed by atoms with van der Waals surface area (Å²) in [5.41, 5.74) is 3.28. The van der Waals surface area contributed by atoms with E-state index in [1.54, 1.807) is 35.8 Å². The number of carbonyl (C=O) groups is 1. The quantitative estimate of drug-likeness (QED) is 0.428. The molecule has 3 heterocycles. The van der Waals surface area contributed by atoms with Crippen LogP contribution in [0.3, 0.4) is 0 Å². The van der Waals surface area contributed by atoms with E-state index in [0.717, 1.165) is 16.1 Å². The third-order valence-electron chi connectivity index (χ3n) is 4.53. The lowest BCUT2D eigenvalue weighted by Crippen LogP contribution is -2.06. The summed E-state index contributed by atoms with van der Waals surface area (Å²) in [7, 11) is 1.35. The number of hydrogen-bond acceptors (Lipinski definition) is 7. The molecule has 0 amide bonds. The maximum absolute atomic E-state index is 11.6. The number of hydrogen-bond donors (Lipinski definition) is 1. The predicted molar refractivity (Wildman–Crippen MR) is 115 cm³/mol. The number of nitrogens with one attached hydrogen (secondary N) is 1. The number of pyridine rings is 1. The maximum Gasteiger partial charge on any atom is 0.337 e. The summed E-state index contributed by atoms with van der Waals surface area (Å²) < 4.78 is 10.3. The minimum atomic E-state index is -0.380. The summed E-state index contributed by atoms with van der Waals surface area (Å²) in [6.45, 7) is 0.439. The highest BCUT2D eigenvalue weighted by Gasteiger charge is 2.17. The van der Waals surface area contributed by atoms with Gasteiger partial charge in [-0.15, -0.1) is 11.3 Å². The number of furan rings is 1. The summed E-state index contributed by atoms with van der Waals surface area (Å²) in [4.78, 5) is 17.3. The molecule has 6 nitrogen and oxygen atoms in total. The number of carbonyl (C=O) groups excluding carboxylic acids is 1. The van der Waals surface area contributed by atoms with E-state index in [2.05, 4.69) is 11.4 Å². The maximum atomic E-state index is 11.6. The van der Waals surface area contributed by atoms with Gasteiger partial charge in [0.25, 0.3) is 0 Å². The Morgan fingerprint density at radius 3 is 2.70 bits per heavy atom. The Balaban J connectivity index is 1.68. The van der Waals surface area contributed by atoms with Crippen LogP contribution >= 0.6 is 11.3 Å². The molecule has 4 aromatic rings. The van der Waals surface area contributed by atoms with E-state index in [0.29, 0.717) is 34.8 Å². The van der Waals surface area contributed by atoms with Gasteiger partial charge in [0.05, 0.1) is 29.5 Å². The van der Waals surface area contributed by atoms with Crippen LogP contribution in [0, 0.1) is 11.3 Å². The number of nitriles is 1. The van der Waals surface area contributed by atoms with E-state index >= 15 is 0 Å². The number of ether oxygens (including phenoxy) is 1. The number of anilines is 1. The number of rotatable bonds is 6. The molecule has 0 radical (unpaired) electrons. The second kappa shape index (κ2) is 8.64. The second-order valence-electron chi connectivity index (χ2n) is 6.39. The molecule has 0 aliphatic carbocycles. The predicted octanol–water partition coefficient (Wildman–Crippen LogP) is 5.34. The molecular weight excluding hydrogens is 398 g/mol. The van der Waals surface area contributed by atoms with E-state index in [1.807, 2.05) is 41.8 Å². The van der Waals surface area contributed by atoms with Crippen molar-refractivity contribution < 1.29 is 13.9 Å². The van der Waals surface area contributed by atoms with Gasteiger partial charge < -0.3 is 14.5 Å². The Morgan fingerprint density at radius 2 is 2.07 bits per heavy atom. The molecule has 4 rings (SSSR count). The smallest absolute Gasteiger partial charge is 0.337 e. The molecule has 7 heteroatoms. The highest BCUT2D eigenvalue weighted by Crippen LogP contribution is 2.34. The van der Waals surface area contributed by atoms with Crippen LogP contribution in [0.1, 0.15) is 21.5 Å². The van der Waals surface area contributed by atoms with Gasteiger partial charge in [0, 0.05) is 12.1 Å². The third kappa shape index (κ3) is 3.95. The highest BCUT2D eigenvalue weighted by atomic mass is 32.1. The first kappa shape index (κ1) is 19.4. The van der Waals surface area contributed by atoms with Gasteiger partial charge in [0.15, 0.2) is 0 Å². The summed E-state index contributed by atoms with van der Waals surface area (Å²) in [5.74, 6) is 0.707. The van der Waals surface area contributed by atoms with E-state index in [-0.39, 0.29) is 5.97 Å². The molecule has 0 aliphatic rings. The molecular formula is C23H17N3O3S. The number of nitrogens with zero attached hydrogens (tertiary/aromatic N) is 2. The zero-order chi connectivity index (χ0) is 20.9. The van der Waals surface area contributed by atoms with E-state index in [4.69, 9.17) is 14.1 Å². The van der Waals surface area contributed by atoms with Crippen molar-refractivity contribution in [3.63, 3.8) is 0 Å². The molecule has 1 aromatic carbocycles. The average Bonchev–Trinajstić information content (AvgIpc) is 3.51. The molecule has 0 fully saturated rings.